The summed E-state index contributed by atoms with van der Waals surface area (Å²) in [4.78, 5) is 22.5. The first-order valence-corrected chi connectivity index (χ1v) is 9.73. The largest absolute Gasteiger partial charge is 0.322 e. The molecule has 1 N–H and O–H groups in total. The molecule has 0 fully saturated rings. The van der Waals surface area contributed by atoms with Crippen LogP contribution in [-0.2, 0) is 14.8 Å². The summed E-state index contributed by atoms with van der Waals surface area (Å²) < 4.78 is 25.9. The van der Waals surface area contributed by atoms with Crippen molar-refractivity contribution in [3.05, 3.63) is 69.3 Å². The van der Waals surface area contributed by atoms with Crippen LogP contribution in [0.3, 0.4) is 0 Å². The third-order valence-electron chi connectivity index (χ3n) is 4.21. The zero-order valence-corrected chi connectivity index (χ0v) is 16.8. The summed E-state index contributed by atoms with van der Waals surface area (Å²) in [6, 6.07) is 8.74. The zero-order chi connectivity index (χ0) is 21.1. The van der Waals surface area contributed by atoms with Gasteiger partial charge in [-0.2, -0.15) is 0 Å². The first kappa shape index (κ1) is 21.3. The molecule has 0 atom stereocenters. The van der Waals surface area contributed by atoms with Crippen molar-refractivity contribution in [2.45, 2.75) is 18.7 Å². The molecule has 0 heterocycles. The Morgan fingerprint density at radius 2 is 1.75 bits per heavy atom. The van der Waals surface area contributed by atoms with Gasteiger partial charge in [0.25, 0.3) is 5.69 Å². The van der Waals surface area contributed by atoms with E-state index in [2.05, 4.69) is 5.32 Å². The van der Waals surface area contributed by atoms with E-state index in [9.17, 15) is 23.3 Å². The number of rotatable bonds is 6. The number of benzene rings is 2. The van der Waals surface area contributed by atoms with Crippen LogP contribution in [0.5, 0.6) is 0 Å². The molecular weight excluding hydrogens is 382 g/mol. The van der Waals surface area contributed by atoms with Gasteiger partial charge >= 0.3 is 0 Å². The molecule has 0 unspecified atom stereocenters. The first-order chi connectivity index (χ1) is 13.0. The summed E-state index contributed by atoms with van der Waals surface area (Å²) in [6.45, 7) is 3.56. The molecule has 2 rings (SSSR count). The number of sulfonamides is 1. The summed E-state index contributed by atoms with van der Waals surface area (Å²) in [5, 5.41) is 13.3. The van der Waals surface area contributed by atoms with E-state index in [1.54, 1.807) is 19.9 Å². The normalized spacial score (nSPS) is 11.8. The van der Waals surface area contributed by atoms with E-state index in [1.807, 2.05) is 0 Å². The molecule has 0 aliphatic carbocycles. The molecule has 148 valence electrons. The fourth-order valence-electron chi connectivity index (χ4n) is 2.37. The van der Waals surface area contributed by atoms with Crippen molar-refractivity contribution < 1.29 is 18.1 Å². The molecular formula is C19H21N3O5S. The van der Waals surface area contributed by atoms with Crippen molar-refractivity contribution in [2.24, 2.45) is 0 Å². The highest BCUT2D eigenvalue weighted by molar-refractivity contribution is 7.89. The van der Waals surface area contributed by atoms with Gasteiger partial charge in [0.15, 0.2) is 0 Å². The Labute approximate surface area is 163 Å². The van der Waals surface area contributed by atoms with Gasteiger partial charge in [0.1, 0.15) is 0 Å². The number of non-ortho nitro benzene ring substituents is 1. The van der Waals surface area contributed by atoms with Gasteiger partial charge in [-0.1, -0.05) is 0 Å². The van der Waals surface area contributed by atoms with Gasteiger partial charge in [-0.15, -0.1) is 0 Å². The number of nitrogens with one attached hydrogen (secondary N) is 1. The lowest BCUT2D eigenvalue weighted by Crippen LogP contribution is -2.22. The van der Waals surface area contributed by atoms with Crippen LogP contribution in [0.4, 0.5) is 11.4 Å². The summed E-state index contributed by atoms with van der Waals surface area (Å²) in [5.74, 6) is -0.444. The van der Waals surface area contributed by atoms with Gasteiger partial charge in [0.2, 0.25) is 15.9 Å². The monoisotopic (exact) mass is 403 g/mol. The third-order valence-corrected chi connectivity index (χ3v) is 6.00. The fraction of sp³-hybridized carbons (Fsp3) is 0.211. The second-order valence-electron chi connectivity index (χ2n) is 6.37. The van der Waals surface area contributed by atoms with E-state index in [0.717, 1.165) is 15.4 Å². The van der Waals surface area contributed by atoms with E-state index in [4.69, 9.17) is 0 Å². The van der Waals surface area contributed by atoms with Crippen LogP contribution < -0.4 is 5.32 Å². The number of nitro groups is 1. The third kappa shape index (κ3) is 4.81. The summed E-state index contributed by atoms with van der Waals surface area (Å²) >= 11 is 0. The van der Waals surface area contributed by atoms with E-state index in [-0.39, 0.29) is 10.6 Å². The minimum atomic E-state index is -3.63. The number of carbonyl (C=O) groups excluding carboxylic acids is 1. The Kier molecular flexibility index (Phi) is 6.32. The second-order valence-corrected chi connectivity index (χ2v) is 8.52. The summed E-state index contributed by atoms with van der Waals surface area (Å²) in [5.41, 5.74) is 2.48. The fourth-order valence-corrected chi connectivity index (χ4v) is 3.38. The Balaban J connectivity index is 2.23. The van der Waals surface area contributed by atoms with Crippen molar-refractivity contribution in [3.8, 4) is 0 Å². The zero-order valence-electron chi connectivity index (χ0n) is 16.0. The van der Waals surface area contributed by atoms with Crippen molar-refractivity contribution in [2.75, 3.05) is 19.4 Å². The van der Waals surface area contributed by atoms with Gasteiger partial charge in [-0.3, -0.25) is 14.9 Å². The Morgan fingerprint density at radius 1 is 1.14 bits per heavy atom. The predicted octanol–water partition coefficient (Wildman–Crippen LogP) is 3.11. The van der Waals surface area contributed by atoms with Crippen LogP contribution in [-0.4, -0.2) is 37.6 Å². The van der Waals surface area contributed by atoms with Gasteiger partial charge in [0.05, 0.1) is 9.82 Å². The molecule has 2 aromatic carbocycles. The Bertz CT molecular complexity index is 1040. The molecule has 0 bridgehead atoms. The average molecular weight is 403 g/mol. The number of nitrogens with zero attached hydrogens (tertiary/aromatic N) is 2. The average Bonchev–Trinajstić information content (AvgIpc) is 2.63. The van der Waals surface area contributed by atoms with Gasteiger partial charge in [-0.05, 0) is 60.9 Å². The number of nitro benzene ring substituents is 1. The highest BCUT2D eigenvalue weighted by atomic mass is 32.2. The molecule has 0 spiro atoms. The van der Waals surface area contributed by atoms with Gasteiger partial charge in [0, 0.05) is 38.0 Å². The topological polar surface area (TPSA) is 110 Å². The van der Waals surface area contributed by atoms with Crippen molar-refractivity contribution in [1.82, 2.24) is 4.31 Å². The van der Waals surface area contributed by atoms with Crippen molar-refractivity contribution in [3.63, 3.8) is 0 Å². The number of hydrogen-bond donors (Lipinski definition) is 1. The van der Waals surface area contributed by atoms with Crippen LogP contribution in [0.25, 0.3) is 6.08 Å². The van der Waals surface area contributed by atoms with Crippen LogP contribution in [0.1, 0.15) is 16.7 Å². The molecule has 0 aromatic heterocycles. The highest BCUT2D eigenvalue weighted by Crippen LogP contribution is 2.25. The number of aryl methyl sites for hydroxylation is 1. The lowest BCUT2D eigenvalue weighted by atomic mass is 10.1. The molecule has 0 aliphatic rings. The van der Waals surface area contributed by atoms with Crippen LogP contribution in [0.15, 0.2) is 47.4 Å². The van der Waals surface area contributed by atoms with Gasteiger partial charge in [-0.25, -0.2) is 12.7 Å². The lowest BCUT2D eigenvalue weighted by molar-refractivity contribution is -0.384. The van der Waals surface area contributed by atoms with Crippen molar-refractivity contribution >= 4 is 33.4 Å². The molecule has 0 saturated heterocycles. The number of amides is 1. The first-order valence-electron chi connectivity index (χ1n) is 8.29. The van der Waals surface area contributed by atoms with Crippen LogP contribution >= 0.6 is 0 Å². The molecule has 9 heteroatoms. The summed E-state index contributed by atoms with van der Waals surface area (Å²) in [7, 11) is -0.751. The highest BCUT2D eigenvalue weighted by Gasteiger charge is 2.19. The SMILES string of the molecule is Cc1cc(S(=O)(=O)N(C)C)cc(NC(=O)/C=C/c2ccc([N+](=O)[O-])cc2)c1C. The van der Waals surface area contributed by atoms with Crippen molar-refractivity contribution in [1.29, 1.82) is 0 Å². The quantitative estimate of drug-likeness (QED) is 0.453. The maximum absolute atomic E-state index is 12.4. The van der Waals surface area contributed by atoms with Gasteiger partial charge < -0.3 is 5.32 Å². The maximum atomic E-state index is 12.4. The molecule has 2 aromatic rings. The maximum Gasteiger partial charge on any atom is 0.269 e. The Hall–Kier alpha value is -3.04. The minimum Gasteiger partial charge on any atom is -0.322 e. The van der Waals surface area contributed by atoms with E-state index < -0.39 is 20.9 Å². The molecule has 1 amide bonds. The standard InChI is InChI=1S/C19H21N3O5S/c1-13-11-17(28(26,27)21(3)4)12-18(14(13)2)20-19(23)10-7-15-5-8-16(9-6-15)22(24)25/h5-12H,1-4H3,(H,20,23)/b10-7+. The molecule has 8 nitrogen and oxygen atoms in total. The number of anilines is 1. The lowest BCUT2D eigenvalue weighted by Gasteiger charge is -2.16. The summed E-state index contributed by atoms with van der Waals surface area (Å²) in [6.07, 6.45) is 2.80. The number of carbonyl (C=O) groups is 1. The second kappa shape index (κ2) is 8.32. The molecule has 0 radical (unpaired) electrons. The van der Waals surface area contributed by atoms with E-state index >= 15 is 0 Å². The molecule has 28 heavy (non-hydrogen) atoms. The van der Waals surface area contributed by atoms with Crippen LogP contribution in [0, 0.1) is 24.0 Å². The number of hydrogen-bond acceptors (Lipinski definition) is 5. The van der Waals surface area contributed by atoms with E-state index in [1.165, 1.54) is 56.6 Å². The van der Waals surface area contributed by atoms with E-state index in [0.29, 0.717) is 11.3 Å². The minimum absolute atomic E-state index is 0.0355. The van der Waals surface area contributed by atoms with Crippen LogP contribution in [0.2, 0.25) is 0 Å². The smallest absolute Gasteiger partial charge is 0.269 e. The molecule has 0 aliphatic heterocycles. The predicted molar refractivity (Wildman–Crippen MR) is 108 cm³/mol. The molecule has 0 saturated carbocycles. The Morgan fingerprint density at radius 3 is 2.29 bits per heavy atom.